The van der Waals surface area contributed by atoms with Gasteiger partial charge in [-0.05, 0) is 42.5 Å². The van der Waals surface area contributed by atoms with E-state index in [4.69, 9.17) is 38.2 Å². The fraction of sp³-hybridized carbons (Fsp3) is 0. The summed E-state index contributed by atoms with van der Waals surface area (Å²) < 4.78 is 2.92. The summed E-state index contributed by atoms with van der Waals surface area (Å²) in [6.07, 6.45) is 0. The number of nitrogens with zero attached hydrogens (tertiary/aromatic N) is 4. The van der Waals surface area contributed by atoms with Gasteiger partial charge in [0.05, 0.1) is 26.8 Å². The van der Waals surface area contributed by atoms with Crippen molar-refractivity contribution in [3.8, 4) is 17.1 Å². The molecule has 0 spiro atoms. The van der Waals surface area contributed by atoms with E-state index in [1.54, 1.807) is 6.07 Å². The monoisotopic (exact) mass is 468 g/mol. The topological polar surface area (TPSA) is 43.6 Å². The molecule has 7 heteroatoms. The van der Waals surface area contributed by atoms with Crippen LogP contribution >= 0.6 is 39.1 Å². The number of fused-ring (bicyclic) bond motifs is 2. The Bertz CT molecular complexity index is 1360. The summed E-state index contributed by atoms with van der Waals surface area (Å²) in [5, 5.41) is 0.963. The molecule has 0 atom stereocenters. The first-order valence-corrected chi connectivity index (χ1v) is 10.0. The third-order valence-corrected chi connectivity index (χ3v) is 5.65. The molecular weight excluding hydrogens is 459 g/mol. The van der Waals surface area contributed by atoms with Gasteiger partial charge < -0.3 is 0 Å². The lowest BCUT2D eigenvalue weighted by molar-refractivity contribution is 1.08. The second-order valence-electron chi connectivity index (χ2n) is 6.24. The summed E-state index contributed by atoms with van der Waals surface area (Å²) in [6, 6.07) is 21.2. The molecule has 136 valence electrons. The molecule has 5 rings (SSSR count). The molecule has 0 aliphatic carbocycles. The van der Waals surface area contributed by atoms with Crippen LogP contribution in [-0.4, -0.2) is 19.5 Å². The predicted molar refractivity (Wildman–Crippen MR) is 117 cm³/mol. The number of para-hydroxylation sites is 2. The molecule has 0 N–H and O–H groups in total. The SMILES string of the molecule is Clc1ccc(-n2c(-c3cccc(Br)c3)nc3nc4ccccc4nc32)cc1Cl. The molecule has 0 bridgehead atoms. The van der Waals surface area contributed by atoms with E-state index in [2.05, 4.69) is 15.9 Å². The summed E-state index contributed by atoms with van der Waals surface area (Å²) in [5.41, 5.74) is 4.58. The summed E-state index contributed by atoms with van der Waals surface area (Å²) in [6.45, 7) is 0. The lowest BCUT2D eigenvalue weighted by Gasteiger charge is -2.10. The average Bonchev–Trinajstić information content (AvgIpc) is 3.06. The van der Waals surface area contributed by atoms with Crippen LogP contribution in [0.5, 0.6) is 0 Å². The Morgan fingerprint density at radius 3 is 2.29 bits per heavy atom. The highest BCUT2D eigenvalue weighted by Crippen LogP contribution is 2.32. The highest BCUT2D eigenvalue weighted by Gasteiger charge is 2.18. The summed E-state index contributed by atoms with van der Waals surface area (Å²) in [5.74, 6) is 0.727. The maximum absolute atomic E-state index is 6.29. The van der Waals surface area contributed by atoms with Crippen LogP contribution < -0.4 is 0 Å². The first kappa shape index (κ1) is 17.6. The van der Waals surface area contributed by atoms with E-state index in [9.17, 15) is 0 Å². The van der Waals surface area contributed by atoms with Crippen molar-refractivity contribution in [2.24, 2.45) is 0 Å². The Kier molecular flexibility index (Phi) is 4.31. The van der Waals surface area contributed by atoms with Gasteiger partial charge in [0.15, 0.2) is 11.3 Å². The average molecular weight is 470 g/mol. The van der Waals surface area contributed by atoms with Gasteiger partial charge in [-0.1, -0.05) is 63.4 Å². The fourth-order valence-electron chi connectivity index (χ4n) is 3.15. The van der Waals surface area contributed by atoms with Gasteiger partial charge in [-0.25, -0.2) is 15.0 Å². The number of halogens is 3. The zero-order valence-electron chi connectivity index (χ0n) is 14.3. The van der Waals surface area contributed by atoms with Crippen molar-refractivity contribution >= 4 is 61.5 Å². The minimum absolute atomic E-state index is 0.468. The Hall–Kier alpha value is -2.47. The molecule has 5 aromatic rings. The van der Waals surface area contributed by atoms with Crippen LogP contribution in [0.2, 0.25) is 10.0 Å². The van der Waals surface area contributed by atoms with Crippen LogP contribution in [0.1, 0.15) is 0 Å². The molecule has 0 unspecified atom stereocenters. The molecule has 0 saturated carbocycles. The van der Waals surface area contributed by atoms with Gasteiger partial charge in [0.1, 0.15) is 5.82 Å². The van der Waals surface area contributed by atoms with Crippen molar-refractivity contribution in [3.05, 3.63) is 81.2 Å². The van der Waals surface area contributed by atoms with Crippen LogP contribution in [0.15, 0.2) is 71.2 Å². The molecule has 2 heterocycles. The van der Waals surface area contributed by atoms with Gasteiger partial charge in [0, 0.05) is 10.0 Å². The van der Waals surface area contributed by atoms with Crippen LogP contribution in [0, 0.1) is 0 Å². The molecule has 0 saturated heterocycles. The van der Waals surface area contributed by atoms with Crippen molar-refractivity contribution in [2.75, 3.05) is 0 Å². The number of rotatable bonds is 2. The van der Waals surface area contributed by atoms with E-state index in [0.717, 1.165) is 32.6 Å². The second kappa shape index (κ2) is 6.85. The van der Waals surface area contributed by atoms with Gasteiger partial charge in [0.2, 0.25) is 0 Å². The quantitative estimate of drug-likeness (QED) is 0.288. The number of imidazole rings is 1. The minimum Gasteiger partial charge on any atom is -0.275 e. The molecule has 0 radical (unpaired) electrons. The van der Waals surface area contributed by atoms with Crippen molar-refractivity contribution in [1.82, 2.24) is 19.5 Å². The van der Waals surface area contributed by atoms with E-state index in [1.807, 2.05) is 65.2 Å². The van der Waals surface area contributed by atoms with Crippen molar-refractivity contribution in [3.63, 3.8) is 0 Å². The minimum atomic E-state index is 0.468. The van der Waals surface area contributed by atoms with Crippen LogP contribution in [0.4, 0.5) is 0 Å². The lowest BCUT2D eigenvalue weighted by Crippen LogP contribution is -1.99. The van der Waals surface area contributed by atoms with E-state index in [-0.39, 0.29) is 0 Å². The third kappa shape index (κ3) is 2.96. The molecular formula is C21H11BrCl2N4. The van der Waals surface area contributed by atoms with E-state index >= 15 is 0 Å². The van der Waals surface area contributed by atoms with Gasteiger partial charge in [-0.15, -0.1) is 0 Å². The number of hydrogen-bond acceptors (Lipinski definition) is 3. The van der Waals surface area contributed by atoms with Crippen LogP contribution in [0.25, 0.3) is 39.4 Å². The van der Waals surface area contributed by atoms with Crippen LogP contribution in [-0.2, 0) is 0 Å². The van der Waals surface area contributed by atoms with Crippen molar-refractivity contribution in [1.29, 1.82) is 0 Å². The predicted octanol–water partition coefficient (Wildman–Crippen LogP) is 6.71. The highest BCUT2D eigenvalue weighted by molar-refractivity contribution is 9.10. The smallest absolute Gasteiger partial charge is 0.199 e. The zero-order valence-corrected chi connectivity index (χ0v) is 17.4. The molecule has 2 aromatic heterocycles. The van der Waals surface area contributed by atoms with Gasteiger partial charge in [-0.3, -0.25) is 4.57 Å². The van der Waals surface area contributed by atoms with Crippen LogP contribution in [0.3, 0.4) is 0 Å². The molecule has 0 aliphatic heterocycles. The zero-order chi connectivity index (χ0) is 19.3. The third-order valence-electron chi connectivity index (χ3n) is 4.41. The Labute approximate surface area is 178 Å². The molecule has 4 nitrogen and oxygen atoms in total. The van der Waals surface area contributed by atoms with Crippen molar-refractivity contribution in [2.45, 2.75) is 0 Å². The standard InChI is InChI=1S/C21H11BrCl2N4/c22-13-5-3-4-12(10-13)20-27-19-21(26-18-7-2-1-6-17(18)25-19)28(20)14-8-9-15(23)16(24)11-14/h1-11H. The Morgan fingerprint density at radius 1 is 0.750 bits per heavy atom. The first-order chi connectivity index (χ1) is 13.6. The lowest BCUT2D eigenvalue weighted by atomic mass is 10.2. The van der Waals surface area contributed by atoms with Crippen molar-refractivity contribution < 1.29 is 0 Å². The van der Waals surface area contributed by atoms with Gasteiger partial charge >= 0.3 is 0 Å². The molecule has 3 aromatic carbocycles. The van der Waals surface area contributed by atoms with Gasteiger partial charge in [-0.2, -0.15) is 0 Å². The fourth-order valence-corrected chi connectivity index (χ4v) is 3.84. The van der Waals surface area contributed by atoms with E-state index < -0.39 is 0 Å². The largest absolute Gasteiger partial charge is 0.275 e. The van der Waals surface area contributed by atoms with E-state index in [0.29, 0.717) is 21.3 Å². The summed E-state index contributed by atoms with van der Waals surface area (Å²) >= 11 is 16.0. The van der Waals surface area contributed by atoms with Gasteiger partial charge in [0.25, 0.3) is 0 Å². The molecule has 0 amide bonds. The number of aromatic nitrogens is 4. The molecule has 0 fully saturated rings. The summed E-state index contributed by atoms with van der Waals surface area (Å²) in [7, 11) is 0. The molecule has 28 heavy (non-hydrogen) atoms. The Balaban J connectivity index is 1.89. The molecule has 0 aliphatic rings. The normalized spacial score (nSPS) is 11.4. The Morgan fingerprint density at radius 2 is 1.54 bits per heavy atom. The highest BCUT2D eigenvalue weighted by atomic mass is 79.9. The summed E-state index contributed by atoms with van der Waals surface area (Å²) in [4.78, 5) is 14.3. The number of benzene rings is 3. The maximum Gasteiger partial charge on any atom is 0.199 e. The second-order valence-corrected chi connectivity index (χ2v) is 7.97. The number of hydrogen-bond donors (Lipinski definition) is 0. The van der Waals surface area contributed by atoms with E-state index in [1.165, 1.54) is 0 Å². The first-order valence-electron chi connectivity index (χ1n) is 8.47. The maximum atomic E-state index is 6.29.